The molecule has 0 bridgehead atoms. The Bertz CT molecular complexity index is 1020. The Morgan fingerprint density at radius 2 is 1.54 bits per heavy atom. The van der Waals surface area contributed by atoms with Gasteiger partial charge in [-0.3, -0.25) is 4.72 Å². The predicted molar refractivity (Wildman–Crippen MR) is 105 cm³/mol. The minimum Gasteiger partial charge on any atom is -0.457 e. The molecule has 14 heteroatoms. The van der Waals surface area contributed by atoms with Crippen LogP contribution in [0.2, 0.25) is 0 Å². The van der Waals surface area contributed by atoms with Crippen molar-refractivity contribution in [2.24, 2.45) is 5.14 Å². The Morgan fingerprint density at radius 3 is 2.11 bits per heavy atom. The van der Waals surface area contributed by atoms with E-state index in [1.165, 1.54) is 42.5 Å². The van der Waals surface area contributed by atoms with Gasteiger partial charge in [-0.05, 0) is 36.4 Å². The number of anilines is 1. The number of ether oxygens (including phenoxy) is 1. The number of rotatable bonds is 8. The van der Waals surface area contributed by atoms with Gasteiger partial charge < -0.3 is 8.92 Å². The normalized spacial score (nSPS) is 12.4. The van der Waals surface area contributed by atoms with Crippen LogP contribution >= 0.6 is 34.8 Å². The molecule has 3 N–H and O–H groups in total. The Hall–Kier alpha value is -1.47. The van der Waals surface area contributed by atoms with E-state index in [0.29, 0.717) is 5.75 Å². The molecule has 0 saturated heterocycles. The monoisotopic (exact) mass is 490 g/mol. The molecule has 0 aliphatic rings. The minimum atomic E-state index is -4.19. The molecule has 0 aromatic heterocycles. The summed E-state index contributed by atoms with van der Waals surface area (Å²) in [6.45, 7) is -0.662. The third-order valence-electron chi connectivity index (χ3n) is 2.73. The summed E-state index contributed by atoms with van der Waals surface area (Å²) in [5.74, 6) is 0.564. The van der Waals surface area contributed by atoms with E-state index in [1.54, 1.807) is 6.07 Å². The molecule has 0 heterocycles. The second-order valence-corrected chi connectivity index (χ2v) is 10.1. The molecule has 9 nitrogen and oxygen atoms in total. The molecular weight excluding hydrogens is 479 g/mol. The summed E-state index contributed by atoms with van der Waals surface area (Å²) in [5.41, 5.74) is 0.169. The lowest BCUT2D eigenvalue weighted by Gasteiger charge is -2.13. The van der Waals surface area contributed by atoms with Gasteiger partial charge in [0.25, 0.3) is 0 Å². The maximum absolute atomic E-state index is 11.8. The SMILES string of the molecule is NS(=O)(=O)Oc1cccc(Oc2ccc(NS(=O)(=O)OCC(Cl)(Cl)Cl)cc2)c1. The van der Waals surface area contributed by atoms with Crippen molar-refractivity contribution in [2.75, 3.05) is 11.3 Å². The third-order valence-corrected chi connectivity index (χ3v) is 4.39. The lowest BCUT2D eigenvalue weighted by atomic mass is 10.3. The summed E-state index contributed by atoms with van der Waals surface area (Å²) in [7, 11) is -8.35. The molecule has 28 heavy (non-hydrogen) atoms. The van der Waals surface area contributed by atoms with E-state index in [2.05, 4.69) is 13.1 Å². The Morgan fingerprint density at radius 1 is 0.929 bits per heavy atom. The van der Waals surface area contributed by atoms with Crippen molar-refractivity contribution in [2.45, 2.75) is 3.79 Å². The van der Waals surface area contributed by atoms with E-state index in [0.717, 1.165) is 0 Å². The van der Waals surface area contributed by atoms with E-state index < -0.39 is 31.0 Å². The van der Waals surface area contributed by atoms with E-state index in [-0.39, 0.29) is 17.2 Å². The van der Waals surface area contributed by atoms with Crippen molar-refractivity contribution >= 4 is 61.1 Å². The number of benzene rings is 2. The lowest BCUT2D eigenvalue weighted by molar-refractivity contribution is 0.329. The molecule has 2 aromatic rings. The van der Waals surface area contributed by atoms with Crippen LogP contribution in [0.4, 0.5) is 5.69 Å². The zero-order valence-corrected chi connectivity index (χ0v) is 17.6. The van der Waals surface area contributed by atoms with Crippen LogP contribution in [0.15, 0.2) is 48.5 Å². The fourth-order valence-electron chi connectivity index (χ4n) is 1.77. The van der Waals surface area contributed by atoms with E-state index >= 15 is 0 Å². The third kappa shape index (κ3) is 8.69. The molecule has 0 radical (unpaired) electrons. The second kappa shape index (κ2) is 8.91. The summed E-state index contributed by atoms with van der Waals surface area (Å²) in [5, 5.41) is 4.80. The Kier molecular flexibility index (Phi) is 7.26. The first-order chi connectivity index (χ1) is 12.8. The highest BCUT2D eigenvalue weighted by Crippen LogP contribution is 2.28. The number of hydrogen-bond donors (Lipinski definition) is 2. The average molecular weight is 492 g/mol. The Labute approximate surface area is 176 Å². The van der Waals surface area contributed by atoms with Gasteiger partial charge in [-0.2, -0.15) is 22.0 Å². The van der Waals surface area contributed by atoms with Gasteiger partial charge in [0.15, 0.2) is 0 Å². The standard InChI is InChI=1S/C14H13Cl3N2O7S2/c15-14(16,17)9-24-28(22,23)19-10-4-6-11(7-5-10)25-12-2-1-3-13(8-12)26-27(18,20)21/h1-8,19H,9H2,(H2,18,20,21). The quantitative estimate of drug-likeness (QED) is 0.542. The van der Waals surface area contributed by atoms with Gasteiger partial charge in [0.05, 0.1) is 5.69 Å². The molecule has 0 aliphatic carbocycles. The summed E-state index contributed by atoms with van der Waals surface area (Å²) in [6, 6.07) is 11.5. The van der Waals surface area contributed by atoms with Gasteiger partial charge in [0, 0.05) is 6.07 Å². The summed E-state index contributed by atoms with van der Waals surface area (Å²) < 4.78 is 60.3. The van der Waals surface area contributed by atoms with Gasteiger partial charge in [-0.15, -0.1) is 0 Å². The van der Waals surface area contributed by atoms with Crippen LogP contribution in [0.1, 0.15) is 0 Å². The molecule has 0 atom stereocenters. The molecule has 154 valence electrons. The average Bonchev–Trinajstić information content (AvgIpc) is 2.53. The molecular formula is C14H13Cl3N2O7S2. The van der Waals surface area contributed by atoms with Gasteiger partial charge in [-0.1, -0.05) is 40.9 Å². The minimum absolute atomic E-state index is 0.0320. The lowest BCUT2D eigenvalue weighted by Crippen LogP contribution is -2.22. The molecule has 0 amide bonds. The van der Waals surface area contributed by atoms with Gasteiger partial charge in [-0.25, -0.2) is 4.18 Å². The number of hydrogen-bond acceptors (Lipinski definition) is 7. The largest absolute Gasteiger partial charge is 0.457 e. The highest BCUT2D eigenvalue weighted by Gasteiger charge is 2.24. The molecule has 0 fully saturated rings. The zero-order valence-electron chi connectivity index (χ0n) is 13.7. The van der Waals surface area contributed by atoms with Crippen LogP contribution in [0.25, 0.3) is 0 Å². The molecule has 0 saturated carbocycles. The second-order valence-electron chi connectivity index (χ2n) is 5.11. The molecule has 2 aromatic carbocycles. The molecule has 0 spiro atoms. The maximum Gasteiger partial charge on any atom is 0.380 e. The van der Waals surface area contributed by atoms with Crippen LogP contribution in [0.3, 0.4) is 0 Å². The number of alkyl halides is 3. The zero-order chi connectivity index (χ0) is 21.0. The van der Waals surface area contributed by atoms with E-state index in [9.17, 15) is 16.8 Å². The first-order valence-corrected chi connectivity index (χ1v) is 11.2. The topological polar surface area (TPSA) is 134 Å². The smallest absolute Gasteiger partial charge is 0.380 e. The summed E-state index contributed by atoms with van der Waals surface area (Å²) in [6.07, 6.45) is 0. The predicted octanol–water partition coefficient (Wildman–Crippen LogP) is 3.10. The highest BCUT2D eigenvalue weighted by atomic mass is 35.6. The number of nitrogens with two attached hydrogens (primary N) is 1. The number of halogens is 3. The van der Waals surface area contributed by atoms with Crippen LogP contribution < -0.4 is 18.8 Å². The first-order valence-electron chi connectivity index (χ1n) is 7.15. The van der Waals surface area contributed by atoms with E-state index in [1.807, 2.05) is 0 Å². The Balaban J connectivity index is 2.02. The van der Waals surface area contributed by atoms with Crippen molar-refractivity contribution < 1.29 is 29.9 Å². The van der Waals surface area contributed by atoms with Gasteiger partial charge in [0.1, 0.15) is 23.9 Å². The molecule has 0 unspecified atom stereocenters. The highest BCUT2D eigenvalue weighted by molar-refractivity contribution is 7.88. The van der Waals surface area contributed by atoms with Crippen LogP contribution in [0.5, 0.6) is 17.2 Å². The van der Waals surface area contributed by atoms with Gasteiger partial charge in [0.2, 0.25) is 3.79 Å². The van der Waals surface area contributed by atoms with E-state index in [4.69, 9.17) is 44.7 Å². The van der Waals surface area contributed by atoms with Crippen LogP contribution in [-0.4, -0.2) is 27.2 Å². The van der Waals surface area contributed by atoms with Crippen molar-refractivity contribution in [3.63, 3.8) is 0 Å². The van der Waals surface area contributed by atoms with Crippen molar-refractivity contribution in [3.8, 4) is 17.2 Å². The summed E-state index contributed by atoms with van der Waals surface area (Å²) in [4.78, 5) is 0. The maximum atomic E-state index is 11.8. The van der Waals surface area contributed by atoms with Crippen molar-refractivity contribution in [1.29, 1.82) is 0 Å². The first kappa shape index (κ1) is 22.8. The molecule has 2 rings (SSSR count). The molecule has 0 aliphatic heterocycles. The summed E-state index contributed by atoms with van der Waals surface area (Å²) >= 11 is 16.3. The van der Waals surface area contributed by atoms with Crippen molar-refractivity contribution in [1.82, 2.24) is 0 Å². The van der Waals surface area contributed by atoms with Crippen molar-refractivity contribution in [3.05, 3.63) is 48.5 Å². The van der Waals surface area contributed by atoms with Crippen LogP contribution in [0, 0.1) is 0 Å². The fraction of sp³-hybridized carbons (Fsp3) is 0.143. The van der Waals surface area contributed by atoms with Gasteiger partial charge >= 0.3 is 20.6 Å². The number of nitrogens with one attached hydrogen (secondary N) is 1. The fourth-order valence-corrected chi connectivity index (χ4v) is 3.31. The van der Waals surface area contributed by atoms with Crippen LogP contribution in [-0.2, 0) is 24.8 Å².